The number of rotatable bonds is 29. The van der Waals surface area contributed by atoms with Gasteiger partial charge >= 0.3 is 5.97 Å². The molecule has 2 unspecified atom stereocenters. The molecule has 0 heterocycles. The maximum Gasteiger partial charge on any atom is 0.305 e. The van der Waals surface area contributed by atoms with E-state index in [1.165, 1.54) is 12.8 Å². The molecule has 0 aromatic heterocycles. The third kappa shape index (κ3) is 34.7. The van der Waals surface area contributed by atoms with Crippen molar-refractivity contribution in [1.82, 2.24) is 0 Å². The lowest BCUT2D eigenvalue weighted by molar-refractivity contribution is -0.870. The zero-order valence-corrected chi connectivity index (χ0v) is 29.4. The van der Waals surface area contributed by atoms with Gasteiger partial charge in [0, 0.05) is 6.42 Å². The first-order valence-electron chi connectivity index (χ1n) is 16.7. The van der Waals surface area contributed by atoms with Crippen LogP contribution in [0.4, 0.5) is 0 Å². The highest BCUT2D eigenvalue weighted by Gasteiger charge is 2.16. The fraction of sp³-hybridized carbons (Fsp3) is 0.639. The maximum absolute atomic E-state index is 11.9. The quantitative estimate of drug-likeness (QED) is 0.0288. The van der Waals surface area contributed by atoms with Gasteiger partial charge in [-0.1, -0.05) is 106 Å². The van der Waals surface area contributed by atoms with Gasteiger partial charge in [-0.3, -0.25) is 9.36 Å². The van der Waals surface area contributed by atoms with Crippen LogP contribution >= 0.6 is 7.82 Å². The van der Waals surface area contributed by atoms with Crippen LogP contribution < -0.4 is 4.89 Å². The molecule has 2 atom stereocenters. The van der Waals surface area contributed by atoms with Crippen LogP contribution in [-0.2, 0) is 23.1 Å². The Morgan fingerprint density at radius 1 is 0.711 bits per heavy atom. The van der Waals surface area contributed by atoms with Gasteiger partial charge in [-0.15, -0.1) is 0 Å². The van der Waals surface area contributed by atoms with Crippen molar-refractivity contribution in [3.05, 3.63) is 72.9 Å². The maximum atomic E-state index is 11.9. The number of aliphatic hydroxyl groups is 1. The van der Waals surface area contributed by atoms with Gasteiger partial charge in [-0.2, -0.15) is 0 Å². The van der Waals surface area contributed by atoms with Crippen LogP contribution in [0.3, 0.4) is 0 Å². The van der Waals surface area contributed by atoms with Gasteiger partial charge in [-0.05, 0) is 57.8 Å². The molecule has 0 fully saturated rings. The summed E-state index contributed by atoms with van der Waals surface area (Å²) in [6.45, 7) is 1.79. The van der Waals surface area contributed by atoms with Gasteiger partial charge < -0.3 is 28.3 Å². The zero-order valence-electron chi connectivity index (χ0n) is 28.5. The topological polar surface area (TPSA) is 105 Å². The summed E-state index contributed by atoms with van der Waals surface area (Å²) in [6.07, 6.45) is 39.0. The van der Waals surface area contributed by atoms with Crippen molar-refractivity contribution in [3.63, 3.8) is 0 Å². The van der Waals surface area contributed by atoms with E-state index in [1.807, 2.05) is 21.1 Å². The molecule has 0 rings (SSSR count). The Bertz CT molecular complexity index is 948. The normalized spacial score (nSPS) is 15.1. The van der Waals surface area contributed by atoms with Crippen molar-refractivity contribution in [2.24, 2.45) is 0 Å². The second kappa shape index (κ2) is 29.3. The number of esters is 1. The molecule has 0 aliphatic heterocycles. The number of carbonyl (C=O) groups is 1. The molecule has 0 aliphatic rings. The number of aliphatic hydroxyl groups excluding tert-OH is 1. The first-order chi connectivity index (χ1) is 21.6. The van der Waals surface area contributed by atoms with E-state index in [4.69, 9.17) is 9.26 Å². The van der Waals surface area contributed by atoms with Crippen molar-refractivity contribution in [2.45, 2.75) is 103 Å². The summed E-state index contributed by atoms with van der Waals surface area (Å²) in [4.78, 5) is 23.6. The van der Waals surface area contributed by atoms with Crippen LogP contribution in [0.5, 0.6) is 0 Å². The van der Waals surface area contributed by atoms with Gasteiger partial charge in [0.15, 0.2) is 0 Å². The van der Waals surface area contributed by atoms with E-state index in [9.17, 15) is 19.4 Å². The van der Waals surface area contributed by atoms with E-state index in [2.05, 4.69) is 84.4 Å². The third-order valence-corrected chi connectivity index (χ3v) is 7.44. The molecule has 8 nitrogen and oxygen atoms in total. The Balaban J connectivity index is 3.62. The molecule has 9 heteroatoms. The van der Waals surface area contributed by atoms with E-state index < -0.39 is 26.5 Å². The minimum atomic E-state index is -4.51. The smallest absolute Gasteiger partial charge is 0.305 e. The molecule has 0 aromatic carbocycles. The van der Waals surface area contributed by atoms with Crippen LogP contribution in [0.15, 0.2) is 72.9 Å². The van der Waals surface area contributed by atoms with Gasteiger partial charge in [0.2, 0.25) is 0 Å². The minimum absolute atomic E-state index is 0.0150. The molecule has 1 N–H and O–H groups in total. The van der Waals surface area contributed by atoms with Gasteiger partial charge in [0.05, 0.1) is 27.7 Å². The van der Waals surface area contributed by atoms with Crippen molar-refractivity contribution in [2.75, 3.05) is 47.5 Å². The fourth-order valence-electron chi connectivity index (χ4n) is 3.83. The molecule has 0 aromatic rings. The van der Waals surface area contributed by atoms with Gasteiger partial charge in [0.25, 0.3) is 7.82 Å². The van der Waals surface area contributed by atoms with Gasteiger partial charge in [0.1, 0.15) is 25.9 Å². The number of allylic oxidation sites excluding steroid dienone is 12. The molecule has 0 spiro atoms. The van der Waals surface area contributed by atoms with Crippen molar-refractivity contribution < 1.29 is 37.6 Å². The average Bonchev–Trinajstić information content (AvgIpc) is 2.98. The summed E-state index contributed by atoms with van der Waals surface area (Å²) < 4.78 is 26.7. The number of ether oxygens (including phenoxy) is 1. The number of unbranched alkanes of at least 4 members (excludes halogenated alkanes) is 6. The van der Waals surface area contributed by atoms with E-state index >= 15 is 0 Å². The molecule has 258 valence electrons. The van der Waals surface area contributed by atoms with Crippen molar-refractivity contribution in [1.29, 1.82) is 0 Å². The predicted octanol–water partition coefficient (Wildman–Crippen LogP) is 7.92. The number of hydrogen-bond acceptors (Lipinski definition) is 7. The molecule has 0 radical (unpaired) electrons. The standard InChI is InChI=1S/C36H62NO7P/c1-5-6-7-8-9-10-11-12-13-14-15-16-17-18-19-20-21-22-23-24-25-26-27-28-29-30-36(39)42-33-35(38)34-44-45(40,41)43-32-31-37(2,3)4/h6-7,9-10,12-13,15-16,18-19,21-22,35,38H,5,8,11,14,17,20,23-34H2,1-4H3/b7-6-,10-9-,13-12-,16-15-,19-18-,22-21-. The fourth-order valence-corrected chi connectivity index (χ4v) is 4.56. The number of nitrogens with zero attached hydrogens (tertiary/aromatic N) is 1. The summed E-state index contributed by atoms with van der Waals surface area (Å²) in [5, 5.41) is 9.85. The summed E-state index contributed by atoms with van der Waals surface area (Å²) in [6, 6.07) is 0. The second-order valence-corrected chi connectivity index (χ2v) is 13.4. The monoisotopic (exact) mass is 651 g/mol. The average molecular weight is 652 g/mol. The van der Waals surface area contributed by atoms with E-state index in [0.29, 0.717) is 11.0 Å². The molecular formula is C36H62NO7P. The largest absolute Gasteiger partial charge is 0.756 e. The predicted molar refractivity (Wildman–Crippen MR) is 185 cm³/mol. The second-order valence-electron chi connectivity index (χ2n) is 12.0. The number of phosphoric acid groups is 1. The highest BCUT2D eigenvalue weighted by atomic mass is 31.2. The van der Waals surface area contributed by atoms with Crippen LogP contribution in [0.25, 0.3) is 0 Å². The molecule has 0 saturated carbocycles. The molecule has 0 aliphatic carbocycles. The lowest BCUT2D eigenvalue weighted by Gasteiger charge is -2.27. The third-order valence-electron chi connectivity index (χ3n) is 6.47. The first kappa shape index (κ1) is 42.9. The Morgan fingerprint density at radius 3 is 1.69 bits per heavy atom. The van der Waals surface area contributed by atoms with Crippen molar-refractivity contribution >= 4 is 13.8 Å². The lowest BCUT2D eigenvalue weighted by Crippen LogP contribution is -2.37. The summed E-state index contributed by atoms with van der Waals surface area (Å²) >= 11 is 0. The molecular weight excluding hydrogens is 589 g/mol. The highest BCUT2D eigenvalue weighted by Crippen LogP contribution is 2.38. The summed E-state index contributed by atoms with van der Waals surface area (Å²) in [7, 11) is 1.23. The van der Waals surface area contributed by atoms with Crippen LogP contribution in [0.1, 0.15) is 96.8 Å². The number of carbonyl (C=O) groups excluding carboxylic acids is 1. The number of phosphoric ester groups is 1. The number of likely N-dealkylation sites (N-methyl/N-ethyl adjacent to an activating group) is 1. The Labute approximate surface area is 274 Å². The lowest BCUT2D eigenvalue weighted by atomic mass is 10.1. The van der Waals surface area contributed by atoms with E-state index in [0.717, 1.165) is 70.6 Å². The van der Waals surface area contributed by atoms with Crippen LogP contribution in [0, 0.1) is 0 Å². The van der Waals surface area contributed by atoms with Crippen LogP contribution in [-0.4, -0.2) is 69.2 Å². The summed E-state index contributed by atoms with van der Waals surface area (Å²) in [5.74, 6) is -0.406. The molecule has 0 amide bonds. The highest BCUT2D eigenvalue weighted by molar-refractivity contribution is 7.45. The molecule has 0 saturated heterocycles. The molecule has 0 bridgehead atoms. The Morgan fingerprint density at radius 2 is 1.18 bits per heavy atom. The zero-order chi connectivity index (χ0) is 33.5. The van der Waals surface area contributed by atoms with E-state index in [1.54, 1.807) is 0 Å². The van der Waals surface area contributed by atoms with Crippen LogP contribution in [0.2, 0.25) is 0 Å². The Kier molecular flexibility index (Phi) is 28.0. The summed E-state index contributed by atoms with van der Waals surface area (Å²) in [5.41, 5.74) is 0. The van der Waals surface area contributed by atoms with Gasteiger partial charge in [-0.25, -0.2) is 0 Å². The number of hydrogen-bond donors (Lipinski definition) is 1. The van der Waals surface area contributed by atoms with Crippen molar-refractivity contribution in [3.8, 4) is 0 Å². The van der Waals surface area contributed by atoms with E-state index in [-0.39, 0.29) is 19.6 Å². The SMILES string of the molecule is CC/C=C\C/C=C\C/C=C\C/C=C\C/C=C\C/C=C\CCCCCCCCC(=O)OCC(O)COP(=O)([O-])OCC[N+](C)(C)C. The first-order valence-corrected chi connectivity index (χ1v) is 18.2. The number of quaternary nitrogens is 1. The molecule has 45 heavy (non-hydrogen) atoms. The minimum Gasteiger partial charge on any atom is -0.756 e. The Hall–Kier alpha value is -2.06.